The summed E-state index contributed by atoms with van der Waals surface area (Å²) in [6.07, 6.45) is -0.816. The van der Waals surface area contributed by atoms with E-state index in [1.807, 2.05) is 4.90 Å². The molecule has 1 amide bonds. The third-order valence-corrected chi connectivity index (χ3v) is 3.73. The predicted octanol–water partition coefficient (Wildman–Crippen LogP) is 0.946. The van der Waals surface area contributed by atoms with Gasteiger partial charge < -0.3 is 20.1 Å². The standard InChI is InChI=1S/C14H18FN3O3/c15-12-7-10(18-9-11(8-16)21-14(18)19)1-2-13(12)17-3-5-20-6-4-17/h1-2,7,11H,3-6,8-9,16H2/t11-/m1/s1. The second-order valence-corrected chi connectivity index (χ2v) is 5.09. The molecule has 2 heterocycles. The molecule has 0 radical (unpaired) electrons. The molecule has 0 unspecified atom stereocenters. The number of ether oxygens (including phenoxy) is 2. The number of rotatable bonds is 3. The zero-order chi connectivity index (χ0) is 14.8. The number of benzene rings is 1. The van der Waals surface area contributed by atoms with Crippen LogP contribution < -0.4 is 15.5 Å². The van der Waals surface area contributed by atoms with Crippen LogP contribution in [0.5, 0.6) is 0 Å². The maximum absolute atomic E-state index is 14.3. The molecule has 2 fully saturated rings. The van der Waals surface area contributed by atoms with Crippen LogP contribution in [0.2, 0.25) is 0 Å². The van der Waals surface area contributed by atoms with Crippen LogP contribution in [0.1, 0.15) is 0 Å². The van der Waals surface area contributed by atoms with E-state index in [0.29, 0.717) is 44.2 Å². The van der Waals surface area contributed by atoms with E-state index in [9.17, 15) is 9.18 Å². The van der Waals surface area contributed by atoms with Gasteiger partial charge in [-0.05, 0) is 18.2 Å². The van der Waals surface area contributed by atoms with Crippen molar-refractivity contribution in [3.05, 3.63) is 24.0 Å². The second kappa shape index (κ2) is 5.87. The minimum Gasteiger partial charge on any atom is -0.443 e. The topological polar surface area (TPSA) is 68.0 Å². The lowest BCUT2D eigenvalue weighted by Crippen LogP contribution is -2.36. The number of hydrogen-bond acceptors (Lipinski definition) is 5. The Balaban J connectivity index is 1.79. The van der Waals surface area contributed by atoms with Gasteiger partial charge in [-0.1, -0.05) is 0 Å². The van der Waals surface area contributed by atoms with Gasteiger partial charge in [0.05, 0.1) is 31.1 Å². The zero-order valence-corrected chi connectivity index (χ0v) is 11.6. The number of hydrogen-bond donors (Lipinski definition) is 1. The highest BCUT2D eigenvalue weighted by Gasteiger charge is 2.32. The molecule has 1 aromatic carbocycles. The SMILES string of the molecule is NC[C@@H]1CN(c2ccc(N3CCOCC3)c(F)c2)C(=O)O1. The molecule has 0 aromatic heterocycles. The third kappa shape index (κ3) is 2.79. The van der Waals surface area contributed by atoms with Crippen molar-refractivity contribution in [2.45, 2.75) is 6.10 Å². The van der Waals surface area contributed by atoms with Gasteiger partial charge in [-0.2, -0.15) is 0 Å². The summed E-state index contributed by atoms with van der Waals surface area (Å²) in [7, 11) is 0. The summed E-state index contributed by atoms with van der Waals surface area (Å²) in [5.41, 5.74) is 6.51. The van der Waals surface area contributed by atoms with Crippen LogP contribution in [0.15, 0.2) is 18.2 Å². The maximum Gasteiger partial charge on any atom is 0.414 e. The Morgan fingerprint density at radius 1 is 1.33 bits per heavy atom. The predicted molar refractivity (Wildman–Crippen MR) is 76.1 cm³/mol. The largest absolute Gasteiger partial charge is 0.443 e. The van der Waals surface area contributed by atoms with Crippen molar-refractivity contribution in [1.29, 1.82) is 0 Å². The molecule has 3 rings (SSSR count). The van der Waals surface area contributed by atoms with Crippen molar-refractivity contribution in [3.63, 3.8) is 0 Å². The molecule has 0 spiro atoms. The average molecular weight is 295 g/mol. The van der Waals surface area contributed by atoms with Gasteiger partial charge in [0, 0.05) is 19.6 Å². The fraction of sp³-hybridized carbons (Fsp3) is 0.500. The van der Waals surface area contributed by atoms with Gasteiger partial charge in [-0.25, -0.2) is 9.18 Å². The summed E-state index contributed by atoms with van der Waals surface area (Å²) in [6, 6.07) is 4.79. The van der Waals surface area contributed by atoms with E-state index >= 15 is 0 Å². The van der Waals surface area contributed by atoms with Crippen LogP contribution in [0.4, 0.5) is 20.6 Å². The highest BCUT2D eigenvalue weighted by Crippen LogP contribution is 2.28. The Morgan fingerprint density at radius 3 is 2.71 bits per heavy atom. The average Bonchev–Trinajstić information content (AvgIpc) is 2.89. The van der Waals surface area contributed by atoms with E-state index in [2.05, 4.69) is 0 Å². The fourth-order valence-electron chi connectivity index (χ4n) is 2.58. The lowest BCUT2D eigenvalue weighted by Gasteiger charge is -2.29. The van der Waals surface area contributed by atoms with E-state index in [1.165, 1.54) is 11.0 Å². The Kier molecular flexibility index (Phi) is 3.94. The monoisotopic (exact) mass is 295 g/mol. The van der Waals surface area contributed by atoms with Gasteiger partial charge in [0.1, 0.15) is 11.9 Å². The van der Waals surface area contributed by atoms with Gasteiger partial charge in [-0.3, -0.25) is 4.90 Å². The summed E-state index contributed by atoms with van der Waals surface area (Å²) in [6.45, 7) is 3.13. The van der Waals surface area contributed by atoms with Gasteiger partial charge in [0.2, 0.25) is 0 Å². The number of morpholine rings is 1. The first-order valence-corrected chi connectivity index (χ1v) is 6.99. The number of carbonyl (C=O) groups excluding carboxylic acids is 1. The molecule has 0 aliphatic carbocycles. The molecule has 2 aliphatic heterocycles. The maximum atomic E-state index is 14.3. The molecule has 7 heteroatoms. The number of amides is 1. The van der Waals surface area contributed by atoms with E-state index < -0.39 is 6.09 Å². The molecule has 2 saturated heterocycles. The van der Waals surface area contributed by atoms with Gasteiger partial charge in [0.15, 0.2) is 0 Å². The number of nitrogens with zero attached hydrogens (tertiary/aromatic N) is 2. The molecule has 1 atom stereocenters. The van der Waals surface area contributed by atoms with Gasteiger partial charge >= 0.3 is 6.09 Å². The van der Waals surface area contributed by atoms with E-state index in [0.717, 1.165) is 0 Å². The normalized spacial score (nSPS) is 22.6. The fourth-order valence-corrected chi connectivity index (χ4v) is 2.58. The van der Waals surface area contributed by atoms with Crippen molar-refractivity contribution in [1.82, 2.24) is 0 Å². The smallest absolute Gasteiger partial charge is 0.414 e. The van der Waals surface area contributed by atoms with Crippen molar-refractivity contribution in [2.75, 3.05) is 49.2 Å². The zero-order valence-electron chi connectivity index (χ0n) is 11.6. The lowest BCUT2D eigenvalue weighted by atomic mass is 10.2. The van der Waals surface area contributed by atoms with Crippen LogP contribution in [0.3, 0.4) is 0 Å². The highest BCUT2D eigenvalue weighted by atomic mass is 19.1. The Bertz CT molecular complexity index is 534. The first-order chi connectivity index (χ1) is 10.2. The molecule has 1 aromatic rings. The third-order valence-electron chi connectivity index (χ3n) is 3.73. The molecule has 2 N–H and O–H groups in total. The van der Waals surface area contributed by atoms with Crippen LogP contribution >= 0.6 is 0 Å². The Hall–Kier alpha value is -1.86. The Labute approximate surface area is 122 Å². The summed E-state index contributed by atoms with van der Waals surface area (Å²) in [5.74, 6) is -0.349. The molecular formula is C14H18FN3O3. The van der Waals surface area contributed by atoms with Crippen molar-refractivity contribution < 1.29 is 18.7 Å². The van der Waals surface area contributed by atoms with Crippen molar-refractivity contribution >= 4 is 17.5 Å². The summed E-state index contributed by atoms with van der Waals surface area (Å²) in [5, 5.41) is 0. The number of anilines is 2. The number of carbonyl (C=O) groups is 1. The van der Waals surface area contributed by atoms with Crippen LogP contribution in [-0.4, -0.2) is 51.6 Å². The molecular weight excluding hydrogens is 277 g/mol. The lowest BCUT2D eigenvalue weighted by molar-refractivity contribution is 0.122. The second-order valence-electron chi connectivity index (χ2n) is 5.09. The summed E-state index contributed by atoms with van der Waals surface area (Å²) >= 11 is 0. The van der Waals surface area contributed by atoms with E-state index in [4.69, 9.17) is 15.2 Å². The summed E-state index contributed by atoms with van der Waals surface area (Å²) < 4.78 is 24.6. The van der Waals surface area contributed by atoms with Crippen LogP contribution in [0, 0.1) is 5.82 Å². The molecule has 21 heavy (non-hydrogen) atoms. The van der Waals surface area contributed by atoms with Gasteiger partial charge in [-0.15, -0.1) is 0 Å². The van der Waals surface area contributed by atoms with E-state index in [-0.39, 0.29) is 18.5 Å². The highest BCUT2D eigenvalue weighted by molar-refractivity contribution is 5.90. The van der Waals surface area contributed by atoms with Crippen LogP contribution in [-0.2, 0) is 9.47 Å². The molecule has 6 nitrogen and oxygen atoms in total. The summed E-state index contributed by atoms with van der Waals surface area (Å²) in [4.78, 5) is 15.1. The molecule has 0 bridgehead atoms. The first kappa shape index (κ1) is 14.1. The van der Waals surface area contributed by atoms with Crippen LogP contribution in [0.25, 0.3) is 0 Å². The quantitative estimate of drug-likeness (QED) is 0.899. The van der Waals surface area contributed by atoms with Crippen molar-refractivity contribution in [3.8, 4) is 0 Å². The minimum absolute atomic E-state index is 0.260. The first-order valence-electron chi connectivity index (χ1n) is 6.99. The Morgan fingerprint density at radius 2 is 2.10 bits per heavy atom. The molecule has 114 valence electrons. The number of cyclic esters (lactones) is 1. The van der Waals surface area contributed by atoms with E-state index in [1.54, 1.807) is 12.1 Å². The number of halogens is 1. The molecule has 2 aliphatic rings. The minimum atomic E-state index is -0.482. The number of nitrogens with two attached hydrogens (primary N) is 1. The molecule has 0 saturated carbocycles. The van der Waals surface area contributed by atoms with Gasteiger partial charge in [0.25, 0.3) is 0 Å². The van der Waals surface area contributed by atoms with Crippen molar-refractivity contribution in [2.24, 2.45) is 5.73 Å².